The zero-order valence-corrected chi connectivity index (χ0v) is 26.4. The summed E-state index contributed by atoms with van der Waals surface area (Å²) >= 11 is 0. The number of alkyl halides is 3. The van der Waals surface area contributed by atoms with Crippen LogP contribution in [0.4, 0.5) is 13.2 Å². The van der Waals surface area contributed by atoms with E-state index in [1.165, 1.54) is 29.8 Å². The summed E-state index contributed by atoms with van der Waals surface area (Å²) in [5, 5.41) is 2.81. The number of carbonyl (C=O) groups excluding carboxylic acids is 3. The summed E-state index contributed by atoms with van der Waals surface area (Å²) in [5.41, 5.74) is 16.7. The number of hydrogen-bond acceptors (Lipinski definition) is 6. The van der Waals surface area contributed by atoms with E-state index >= 15 is 0 Å². The molecule has 0 bridgehead atoms. The number of nitrogens with zero attached hydrogens (tertiary/aromatic N) is 1. The number of unbranched alkanes of at least 4 members (excludes halogenated alkanes) is 1. The number of benzene rings is 4. The molecule has 8 nitrogen and oxygen atoms in total. The molecule has 4 aromatic rings. The molecular weight excluding hydrogens is 621 g/mol. The normalized spacial score (nSPS) is 11.9. The van der Waals surface area contributed by atoms with Crippen molar-refractivity contribution < 1.29 is 32.3 Å². The minimum Gasteiger partial charge on any atom is -0.420 e. The van der Waals surface area contributed by atoms with Gasteiger partial charge in [0.05, 0.1) is 6.04 Å². The summed E-state index contributed by atoms with van der Waals surface area (Å²) in [6.45, 7) is 1.40. The van der Waals surface area contributed by atoms with Gasteiger partial charge in [-0.05, 0) is 77.8 Å². The van der Waals surface area contributed by atoms with E-state index < -0.39 is 18.2 Å². The first-order valence-electron chi connectivity index (χ1n) is 15.7. The molecule has 48 heavy (non-hydrogen) atoms. The lowest BCUT2D eigenvalue weighted by Crippen LogP contribution is -2.45. The van der Waals surface area contributed by atoms with Gasteiger partial charge in [-0.25, -0.2) is 4.79 Å². The van der Waals surface area contributed by atoms with Gasteiger partial charge in [-0.3, -0.25) is 9.59 Å². The molecule has 4 aromatic carbocycles. The van der Waals surface area contributed by atoms with Gasteiger partial charge in [-0.2, -0.15) is 13.2 Å². The maximum Gasteiger partial charge on any atom is 0.491 e. The largest absolute Gasteiger partial charge is 0.491 e. The monoisotopic (exact) mass is 660 g/mol. The van der Waals surface area contributed by atoms with Gasteiger partial charge in [0.1, 0.15) is 5.75 Å². The summed E-state index contributed by atoms with van der Waals surface area (Å²) in [7, 11) is 0. The molecule has 0 saturated carbocycles. The minimum absolute atomic E-state index is 0.123. The van der Waals surface area contributed by atoms with Crippen LogP contribution < -0.4 is 21.5 Å². The molecule has 0 fully saturated rings. The number of esters is 1. The predicted octanol–water partition coefficient (Wildman–Crippen LogP) is 5.43. The van der Waals surface area contributed by atoms with Crippen LogP contribution in [-0.4, -0.2) is 54.5 Å². The Labute approximate surface area is 277 Å². The van der Waals surface area contributed by atoms with Crippen LogP contribution in [0.3, 0.4) is 0 Å². The second kappa shape index (κ2) is 17.2. The SMILES string of the molecule is NCCNC(=O)c1ccccc1-c1cccc(CN(CCCCc2ccccc2)C(=O)[C@@H](N)Cc2ccc(OC(=O)C(F)(F)F)cc2)c1. The Morgan fingerprint density at radius 2 is 1.50 bits per heavy atom. The minimum atomic E-state index is -5.11. The highest BCUT2D eigenvalue weighted by Gasteiger charge is 2.41. The molecule has 252 valence electrons. The summed E-state index contributed by atoms with van der Waals surface area (Å²) in [4.78, 5) is 39.5. The number of carbonyl (C=O) groups is 3. The first-order valence-corrected chi connectivity index (χ1v) is 15.7. The average Bonchev–Trinajstić information content (AvgIpc) is 3.09. The van der Waals surface area contributed by atoms with Crippen molar-refractivity contribution in [3.05, 3.63) is 125 Å². The molecule has 0 aliphatic carbocycles. The number of hydrogen-bond donors (Lipinski definition) is 3. The number of halogens is 3. The maximum atomic E-state index is 13.8. The van der Waals surface area contributed by atoms with Crippen molar-refractivity contribution in [3.8, 4) is 16.9 Å². The van der Waals surface area contributed by atoms with E-state index in [0.717, 1.165) is 36.0 Å². The Balaban J connectivity index is 1.49. The van der Waals surface area contributed by atoms with Crippen molar-refractivity contribution in [2.75, 3.05) is 19.6 Å². The van der Waals surface area contributed by atoms with E-state index in [4.69, 9.17) is 11.5 Å². The van der Waals surface area contributed by atoms with Crippen LogP contribution >= 0.6 is 0 Å². The van der Waals surface area contributed by atoms with Crippen molar-refractivity contribution in [1.29, 1.82) is 0 Å². The average molecular weight is 661 g/mol. The van der Waals surface area contributed by atoms with Crippen LogP contribution in [-0.2, 0) is 29.0 Å². The Bertz CT molecular complexity index is 1660. The molecule has 0 unspecified atom stereocenters. The molecule has 0 saturated heterocycles. The molecule has 11 heteroatoms. The fourth-order valence-electron chi connectivity index (χ4n) is 5.25. The lowest BCUT2D eigenvalue weighted by molar-refractivity contribution is -0.189. The van der Waals surface area contributed by atoms with Crippen molar-refractivity contribution in [1.82, 2.24) is 10.2 Å². The van der Waals surface area contributed by atoms with Gasteiger partial charge in [0.15, 0.2) is 0 Å². The molecule has 4 rings (SSSR count). The third-order valence-corrected chi connectivity index (χ3v) is 7.65. The third-order valence-electron chi connectivity index (χ3n) is 7.65. The van der Waals surface area contributed by atoms with Gasteiger partial charge in [-0.1, -0.05) is 78.9 Å². The first kappa shape index (κ1) is 35.8. The van der Waals surface area contributed by atoms with Gasteiger partial charge >= 0.3 is 12.1 Å². The highest BCUT2D eigenvalue weighted by molar-refractivity contribution is 6.00. The first-order chi connectivity index (χ1) is 23.0. The number of nitrogens with one attached hydrogen (secondary N) is 1. The van der Waals surface area contributed by atoms with Gasteiger partial charge < -0.3 is 26.4 Å². The number of rotatable bonds is 15. The van der Waals surface area contributed by atoms with Crippen LogP contribution in [0.1, 0.15) is 39.9 Å². The Morgan fingerprint density at radius 1 is 0.812 bits per heavy atom. The number of nitrogens with two attached hydrogens (primary N) is 2. The zero-order chi connectivity index (χ0) is 34.5. The van der Waals surface area contributed by atoms with Crippen LogP contribution in [0.15, 0.2) is 103 Å². The molecule has 5 N–H and O–H groups in total. The van der Waals surface area contributed by atoms with Crippen molar-refractivity contribution in [3.63, 3.8) is 0 Å². The highest BCUT2D eigenvalue weighted by atomic mass is 19.4. The van der Waals surface area contributed by atoms with Crippen LogP contribution in [0.25, 0.3) is 11.1 Å². The van der Waals surface area contributed by atoms with Crippen LogP contribution in [0.5, 0.6) is 5.75 Å². The van der Waals surface area contributed by atoms with Gasteiger partial charge in [0, 0.05) is 31.7 Å². The molecule has 0 aliphatic rings. The Morgan fingerprint density at radius 3 is 2.21 bits per heavy atom. The molecule has 0 spiro atoms. The summed E-state index contributed by atoms with van der Waals surface area (Å²) in [6, 6.07) is 29.5. The second-order valence-electron chi connectivity index (χ2n) is 11.3. The molecule has 0 aliphatic heterocycles. The van der Waals surface area contributed by atoms with Crippen molar-refractivity contribution in [2.45, 2.75) is 44.4 Å². The quantitative estimate of drug-likeness (QED) is 0.0887. The maximum absolute atomic E-state index is 13.8. The lowest BCUT2D eigenvalue weighted by atomic mass is 9.97. The molecule has 0 aromatic heterocycles. The van der Waals surface area contributed by atoms with Crippen LogP contribution in [0.2, 0.25) is 0 Å². The third kappa shape index (κ3) is 10.5. The zero-order valence-electron chi connectivity index (χ0n) is 26.4. The van der Waals surface area contributed by atoms with E-state index in [0.29, 0.717) is 30.8 Å². The Kier molecular flexibility index (Phi) is 12.9. The topological polar surface area (TPSA) is 128 Å². The van der Waals surface area contributed by atoms with E-state index in [-0.39, 0.29) is 30.5 Å². The number of amides is 2. The van der Waals surface area contributed by atoms with E-state index in [1.54, 1.807) is 17.0 Å². The fourth-order valence-corrected chi connectivity index (χ4v) is 5.25. The summed E-state index contributed by atoms with van der Waals surface area (Å²) < 4.78 is 42.0. The smallest absolute Gasteiger partial charge is 0.420 e. The van der Waals surface area contributed by atoms with Crippen molar-refractivity contribution >= 4 is 17.8 Å². The highest BCUT2D eigenvalue weighted by Crippen LogP contribution is 2.26. The summed E-state index contributed by atoms with van der Waals surface area (Å²) in [5.74, 6) is -3.09. The molecule has 0 radical (unpaired) electrons. The summed E-state index contributed by atoms with van der Waals surface area (Å²) in [6.07, 6.45) is -2.54. The fraction of sp³-hybridized carbons (Fsp3) is 0.270. The molecule has 0 heterocycles. The van der Waals surface area contributed by atoms with E-state index in [9.17, 15) is 27.6 Å². The van der Waals surface area contributed by atoms with E-state index in [1.807, 2.05) is 54.6 Å². The molecular formula is C37H39F3N4O4. The van der Waals surface area contributed by atoms with Crippen LogP contribution in [0, 0.1) is 0 Å². The predicted molar refractivity (Wildman–Crippen MR) is 178 cm³/mol. The lowest BCUT2D eigenvalue weighted by Gasteiger charge is -2.26. The molecule has 2 amide bonds. The standard InChI is InChI=1S/C37H39F3N4O4/c38-37(39,40)36(47)48-30-18-16-27(17-19-30)24-33(42)35(46)44(22-7-6-11-26-9-2-1-3-10-26)25-28-12-8-13-29(23-28)31-14-4-5-15-32(31)34(45)43-21-20-41/h1-5,8-10,12-19,23,33H,6-7,11,20-22,24-25,41-42H2,(H,43,45)/t33-/m0/s1. The Hall–Kier alpha value is -5.00. The van der Waals surface area contributed by atoms with Gasteiger partial charge in [0.2, 0.25) is 5.91 Å². The van der Waals surface area contributed by atoms with Crippen molar-refractivity contribution in [2.24, 2.45) is 11.5 Å². The van der Waals surface area contributed by atoms with Gasteiger partial charge in [-0.15, -0.1) is 0 Å². The van der Waals surface area contributed by atoms with E-state index in [2.05, 4.69) is 22.2 Å². The number of ether oxygens (including phenoxy) is 1. The second-order valence-corrected chi connectivity index (χ2v) is 11.3. The molecule has 1 atom stereocenters. The number of aryl methyl sites for hydroxylation is 1. The van der Waals surface area contributed by atoms with Gasteiger partial charge in [0.25, 0.3) is 5.91 Å².